The van der Waals surface area contributed by atoms with Gasteiger partial charge in [-0.3, -0.25) is 4.79 Å². The molecule has 1 aromatic heterocycles. The van der Waals surface area contributed by atoms with E-state index >= 15 is 0 Å². The van der Waals surface area contributed by atoms with Crippen LogP contribution in [0.2, 0.25) is 0 Å². The molecule has 0 aliphatic heterocycles. The molecule has 0 aliphatic rings. The van der Waals surface area contributed by atoms with Crippen LogP contribution in [0.5, 0.6) is 5.75 Å². The van der Waals surface area contributed by atoms with Crippen molar-refractivity contribution in [2.45, 2.75) is 19.1 Å². The molecule has 0 radical (unpaired) electrons. The van der Waals surface area contributed by atoms with Crippen molar-refractivity contribution in [3.63, 3.8) is 0 Å². The van der Waals surface area contributed by atoms with Gasteiger partial charge in [-0.25, -0.2) is 9.59 Å². The molecule has 0 spiro atoms. The lowest BCUT2D eigenvalue weighted by molar-refractivity contribution is -0.152. The fraction of sp³-hybridized carbons (Fsp3) is 0.150. The number of ether oxygens (including phenoxy) is 1. The summed E-state index contributed by atoms with van der Waals surface area (Å²) in [6, 6.07) is 13.1. The van der Waals surface area contributed by atoms with Crippen LogP contribution < -0.4 is 10.1 Å². The lowest BCUT2D eigenvalue weighted by Gasteiger charge is -2.13. The highest BCUT2D eigenvalue weighted by atomic mass is 32.1. The van der Waals surface area contributed by atoms with Crippen LogP contribution in [-0.4, -0.2) is 43.7 Å². The third-order valence-corrected chi connectivity index (χ3v) is 4.68. The summed E-state index contributed by atoms with van der Waals surface area (Å²) < 4.78 is 9.58. The van der Waals surface area contributed by atoms with E-state index in [0.717, 1.165) is 16.8 Å². The van der Waals surface area contributed by atoms with Crippen LogP contribution in [0, 0.1) is 0 Å². The van der Waals surface area contributed by atoms with Gasteiger partial charge in [-0.05, 0) is 34.8 Å². The first-order valence-electron chi connectivity index (χ1n) is 8.77. The normalized spacial score (nSPS) is 11.5. The van der Waals surface area contributed by atoms with E-state index in [9.17, 15) is 19.5 Å². The standard InChI is InChI=1S/C20H17N3O6S/c24-18(20(27)28)21-16(19(25)26)9-12-3-7-15(8-4-12)29-10-13-1-5-14(6-2-13)17-11-30-23-22-17/h1-8,11,16H,9-10H2,(H,21,24)(H,25,26)(H,27,28)/t16-/m1/s1. The van der Waals surface area contributed by atoms with Crippen LogP contribution in [0.4, 0.5) is 0 Å². The van der Waals surface area contributed by atoms with Crippen LogP contribution in [0.3, 0.4) is 0 Å². The Kier molecular flexibility index (Phi) is 6.71. The first-order valence-corrected chi connectivity index (χ1v) is 9.60. The van der Waals surface area contributed by atoms with E-state index in [-0.39, 0.29) is 6.42 Å². The third kappa shape index (κ3) is 5.61. The molecule has 154 valence electrons. The van der Waals surface area contributed by atoms with E-state index in [2.05, 4.69) is 9.59 Å². The third-order valence-electron chi connectivity index (χ3n) is 4.18. The Hall–Kier alpha value is -3.79. The molecule has 0 saturated carbocycles. The molecule has 10 heteroatoms. The number of nitrogens with zero attached hydrogens (tertiary/aromatic N) is 2. The second-order valence-electron chi connectivity index (χ2n) is 6.29. The number of hydrogen-bond acceptors (Lipinski definition) is 7. The summed E-state index contributed by atoms with van der Waals surface area (Å²) in [7, 11) is 0. The molecule has 1 heterocycles. The van der Waals surface area contributed by atoms with E-state index in [1.807, 2.05) is 35.0 Å². The predicted molar refractivity (Wildman–Crippen MR) is 107 cm³/mol. The van der Waals surface area contributed by atoms with E-state index in [0.29, 0.717) is 17.9 Å². The number of aromatic nitrogens is 2. The van der Waals surface area contributed by atoms with Gasteiger partial charge < -0.3 is 20.3 Å². The minimum atomic E-state index is -1.73. The van der Waals surface area contributed by atoms with Gasteiger partial charge in [-0.15, -0.1) is 5.10 Å². The molecule has 2 aromatic carbocycles. The molecule has 0 bridgehead atoms. The molecule has 30 heavy (non-hydrogen) atoms. The van der Waals surface area contributed by atoms with E-state index in [1.54, 1.807) is 24.3 Å². The summed E-state index contributed by atoms with van der Waals surface area (Å²) in [6.07, 6.45) is -0.0540. The maximum Gasteiger partial charge on any atom is 0.394 e. The van der Waals surface area contributed by atoms with Gasteiger partial charge in [0, 0.05) is 17.4 Å². The van der Waals surface area contributed by atoms with Crippen LogP contribution in [-0.2, 0) is 27.4 Å². The van der Waals surface area contributed by atoms with Gasteiger partial charge in [-0.2, -0.15) is 0 Å². The fourth-order valence-corrected chi connectivity index (χ4v) is 3.07. The second kappa shape index (κ2) is 9.61. The Bertz CT molecular complexity index is 1020. The molecule has 0 aliphatic carbocycles. The highest BCUT2D eigenvalue weighted by Crippen LogP contribution is 2.20. The number of nitrogens with one attached hydrogen (secondary N) is 1. The SMILES string of the molecule is O=C(O)C(=O)N[C@H](Cc1ccc(OCc2ccc(-c3csnn3)cc2)cc1)C(=O)O. The molecule has 3 N–H and O–H groups in total. The molecule has 0 fully saturated rings. The Labute approximate surface area is 175 Å². The molecule has 3 aromatic rings. The summed E-state index contributed by atoms with van der Waals surface area (Å²) in [4.78, 5) is 33.1. The number of carboxylic acids is 2. The lowest BCUT2D eigenvalue weighted by atomic mass is 10.1. The average Bonchev–Trinajstić information content (AvgIpc) is 3.28. The largest absolute Gasteiger partial charge is 0.489 e. The molecule has 1 amide bonds. The number of carbonyl (C=O) groups excluding carboxylic acids is 1. The molecule has 9 nitrogen and oxygen atoms in total. The van der Waals surface area contributed by atoms with Crippen molar-refractivity contribution in [2.75, 3.05) is 0 Å². The Morgan fingerprint density at radius 1 is 1.00 bits per heavy atom. The van der Waals surface area contributed by atoms with Crippen molar-refractivity contribution in [3.8, 4) is 17.0 Å². The van der Waals surface area contributed by atoms with Crippen molar-refractivity contribution in [2.24, 2.45) is 0 Å². The van der Waals surface area contributed by atoms with Crippen LogP contribution >= 0.6 is 11.5 Å². The maximum atomic E-state index is 11.2. The second-order valence-corrected chi connectivity index (χ2v) is 6.90. The van der Waals surface area contributed by atoms with Crippen LogP contribution in [0.1, 0.15) is 11.1 Å². The zero-order chi connectivity index (χ0) is 21.5. The highest BCUT2D eigenvalue weighted by Gasteiger charge is 2.23. The van der Waals surface area contributed by atoms with Crippen molar-refractivity contribution in [3.05, 3.63) is 65.0 Å². The lowest BCUT2D eigenvalue weighted by Crippen LogP contribution is -2.45. The molecule has 0 saturated heterocycles. The van der Waals surface area contributed by atoms with Crippen LogP contribution in [0.15, 0.2) is 53.9 Å². The Balaban J connectivity index is 1.55. The summed E-state index contributed by atoms with van der Waals surface area (Å²) in [5.74, 6) is -3.82. The van der Waals surface area contributed by atoms with Gasteiger partial charge in [0.2, 0.25) is 0 Å². The first-order chi connectivity index (χ1) is 14.4. The van der Waals surface area contributed by atoms with Crippen molar-refractivity contribution in [1.82, 2.24) is 14.9 Å². The fourth-order valence-electron chi connectivity index (χ4n) is 2.61. The van der Waals surface area contributed by atoms with Crippen LogP contribution in [0.25, 0.3) is 11.3 Å². The summed E-state index contributed by atoms with van der Waals surface area (Å²) >= 11 is 1.29. The van der Waals surface area contributed by atoms with Gasteiger partial charge in [-0.1, -0.05) is 40.9 Å². The number of benzene rings is 2. The number of carbonyl (C=O) groups is 3. The van der Waals surface area contributed by atoms with Gasteiger partial charge >= 0.3 is 17.8 Å². The Morgan fingerprint density at radius 2 is 1.67 bits per heavy atom. The average molecular weight is 427 g/mol. The maximum absolute atomic E-state index is 11.2. The molecule has 1 atom stereocenters. The van der Waals surface area contributed by atoms with E-state index < -0.39 is 23.9 Å². The predicted octanol–water partition coefficient (Wildman–Crippen LogP) is 1.98. The van der Waals surface area contributed by atoms with Gasteiger partial charge in [0.15, 0.2) is 0 Å². The summed E-state index contributed by atoms with van der Waals surface area (Å²) in [6.45, 7) is 0.349. The zero-order valence-electron chi connectivity index (χ0n) is 15.5. The van der Waals surface area contributed by atoms with Crippen molar-refractivity contribution < 1.29 is 29.3 Å². The van der Waals surface area contributed by atoms with E-state index in [1.165, 1.54) is 11.5 Å². The highest BCUT2D eigenvalue weighted by molar-refractivity contribution is 7.03. The molecule has 0 unspecified atom stereocenters. The summed E-state index contributed by atoms with van der Waals surface area (Å²) in [5, 5.41) is 25.6. The topological polar surface area (TPSA) is 139 Å². The molecule has 3 rings (SSSR count). The van der Waals surface area contributed by atoms with Gasteiger partial charge in [0.1, 0.15) is 24.1 Å². The molecular formula is C20H17N3O6S. The van der Waals surface area contributed by atoms with E-state index in [4.69, 9.17) is 9.84 Å². The number of aliphatic carboxylic acids is 2. The number of amides is 1. The number of rotatable bonds is 8. The van der Waals surface area contributed by atoms with Crippen molar-refractivity contribution in [1.29, 1.82) is 0 Å². The minimum absolute atomic E-state index is 0.0540. The quantitative estimate of drug-likeness (QED) is 0.464. The van der Waals surface area contributed by atoms with Gasteiger partial charge in [0.05, 0.1) is 0 Å². The molecular weight excluding hydrogens is 410 g/mol. The minimum Gasteiger partial charge on any atom is -0.489 e. The first kappa shape index (κ1) is 20.9. The zero-order valence-corrected chi connectivity index (χ0v) is 16.3. The Morgan fingerprint density at radius 3 is 2.23 bits per heavy atom. The van der Waals surface area contributed by atoms with Crippen molar-refractivity contribution >= 4 is 29.4 Å². The summed E-state index contributed by atoms with van der Waals surface area (Å²) in [5.41, 5.74) is 3.37. The smallest absolute Gasteiger partial charge is 0.394 e. The van der Waals surface area contributed by atoms with Gasteiger partial charge in [0.25, 0.3) is 0 Å². The number of hydrogen-bond donors (Lipinski definition) is 3. The number of carboxylic acid groups (broad SMARTS) is 2. The monoisotopic (exact) mass is 427 g/mol.